The van der Waals surface area contributed by atoms with Gasteiger partial charge in [0.2, 0.25) is 0 Å². The molecule has 1 aliphatic heterocycles. The predicted octanol–water partition coefficient (Wildman–Crippen LogP) is 2.02. The summed E-state index contributed by atoms with van der Waals surface area (Å²) in [6.07, 6.45) is 5.84. The Labute approximate surface area is 103 Å². The molecule has 2 aliphatic rings. The van der Waals surface area contributed by atoms with E-state index in [0.29, 0.717) is 0 Å². The number of aryl methyl sites for hydroxylation is 2. The molecule has 1 aliphatic carbocycles. The van der Waals surface area contributed by atoms with E-state index in [1.807, 2.05) is 0 Å². The number of rotatable bonds is 1. The molecular weight excluding hydrogens is 232 g/mol. The summed E-state index contributed by atoms with van der Waals surface area (Å²) < 4.78 is 2.25. The molecule has 4 nitrogen and oxygen atoms in total. The van der Waals surface area contributed by atoms with E-state index >= 15 is 0 Å². The van der Waals surface area contributed by atoms with Crippen molar-refractivity contribution in [3.8, 4) is 11.4 Å². The topological polar surface area (TPSA) is 56.7 Å². The summed E-state index contributed by atoms with van der Waals surface area (Å²) in [6, 6.07) is 0. The zero-order valence-corrected chi connectivity index (χ0v) is 10.4. The third-order valence-electron chi connectivity index (χ3n) is 3.78. The number of hydrogen-bond acceptors (Lipinski definition) is 4. The van der Waals surface area contributed by atoms with Crippen molar-refractivity contribution in [2.24, 2.45) is 0 Å². The molecule has 0 saturated carbocycles. The zero-order valence-electron chi connectivity index (χ0n) is 9.57. The molecule has 0 radical (unpaired) electrons. The Morgan fingerprint density at radius 3 is 3.00 bits per heavy atom. The largest absolute Gasteiger partial charge is 0.390 e. The fourth-order valence-electron chi connectivity index (χ4n) is 3.01. The number of nitrogens with two attached hydrogens (primary N) is 1. The molecule has 0 fully saturated rings. The van der Waals surface area contributed by atoms with Crippen LogP contribution in [0.15, 0.2) is 0 Å². The fourth-order valence-corrected chi connectivity index (χ4v) is 4.16. The monoisotopic (exact) mass is 246 g/mol. The van der Waals surface area contributed by atoms with Gasteiger partial charge in [0, 0.05) is 17.8 Å². The standard InChI is InChI=1S/C12H14N4S/c13-11-10(7-3-1-4-8(7)17-11)12-15-14-9-5-2-6-16(9)12/h1-6,13H2. The lowest BCUT2D eigenvalue weighted by Crippen LogP contribution is -1.99. The molecule has 0 saturated heterocycles. The van der Waals surface area contributed by atoms with Gasteiger partial charge in [-0.1, -0.05) is 0 Å². The molecule has 88 valence electrons. The summed E-state index contributed by atoms with van der Waals surface area (Å²) in [5.74, 6) is 2.13. The fraction of sp³-hybridized carbons (Fsp3) is 0.500. The number of thiophene rings is 1. The van der Waals surface area contributed by atoms with Crippen molar-refractivity contribution in [3.63, 3.8) is 0 Å². The minimum absolute atomic E-state index is 0.928. The Bertz CT molecular complexity index is 596. The molecule has 5 heteroatoms. The van der Waals surface area contributed by atoms with Gasteiger partial charge in [0.1, 0.15) is 5.82 Å². The lowest BCUT2D eigenvalue weighted by atomic mass is 10.1. The van der Waals surface area contributed by atoms with Gasteiger partial charge in [0.05, 0.1) is 10.6 Å². The second-order valence-corrected chi connectivity index (χ2v) is 5.93. The van der Waals surface area contributed by atoms with Crippen molar-refractivity contribution < 1.29 is 0 Å². The quantitative estimate of drug-likeness (QED) is 0.837. The minimum Gasteiger partial charge on any atom is -0.390 e. The molecule has 3 heterocycles. The Balaban J connectivity index is 1.94. The van der Waals surface area contributed by atoms with Gasteiger partial charge in [-0.2, -0.15) is 0 Å². The number of fused-ring (bicyclic) bond motifs is 2. The lowest BCUT2D eigenvalue weighted by molar-refractivity contribution is 0.748. The van der Waals surface area contributed by atoms with Crippen molar-refractivity contribution >= 4 is 16.3 Å². The van der Waals surface area contributed by atoms with Crippen LogP contribution in [0.3, 0.4) is 0 Å². The number of hydrogen-bond donors (Lipinski definition) is 1. The van der Waals surface area contributed by atoms with E-state index in [2.05, 4.69) is 14.8 Å². The molecule has 0 aromatic carbocycles. The van der Waals surface area contributed by atoms with E-state index in [4.69, 9.17) is 5.73 Å². The lowest BCUT2D eigenvalue weighted by Gasteiger charge is -2.04. The predicted molar refractivity (Wildman–Crippen MR) is 68.1 cm³/mol. The zero-order chi connectivity index (χ0) is 11.4. The van der Waals surface area contributed by atoms with E-state index < -0.39 is 0 Å². The summed E-state index contributed by atoms with van der Waals surface area (Å²) in [6.45, 7) is 1.04. The van der Waals surface area contributed by atoms with Crippen LogP contribution in [-0.2, 0) is 25.8 Å². The molecule has 0 bridgehead atoms. The maximum Gasteiger partial charge on any atom is 0.167 e. The van der Waals surface area contributed by atoms with Gasteiger partial charge in [-0.3, -0.25) is 0 Å². The summed E-state index contributed by atoms with van der Waals surface area (Å²) >= 11 is 1.74. The summed E-state index contributed by atoms with van der Waals surface area (Å²) in [4.78, 5) is 1.47. The molecule has 0 amide bonds. The van der Waals surface area contributed by atoms with Gasteiger partial charge in [-0.15, -0.1) is 21.5 Å². The Morgan fingerprint density at radius 1 is 1.12 bits per heavy atom. The van der Waals surface area contributed by atoms with Crippen molar-refractivity contribution in [1.29, 1.82) is 0 Å². The third kappa shape index (κ3) is 1.23. The van der Waals surface area contributed by atoms with Gasteiger partial charge in [-0.25, -0.2) is 0 Å². The van der Waals surface area contributed by atoms with Gasteiger partial charge in [0.25, 0.3) is 0 Å². The SMILES string of the molecule is Nc1sc2c(c1-c1nnc3n1CCC3)CCC2. The van der Waals surface area contributed by atoms with Crippen LogP contribution in [0, 0.1) is 0 Å². The van der Waals surface area contributed by atoms with Crippen molar-refractivity contribution in [1.82, 2.24) is 14.8 Å². The average Bonchev–Trinajstić information content (AvgIpc) is 2.97. The van der Waals surface area contributed by atoms with Crippen molar-refractivity contribution in [2.45, 2.75) is 38.6 Å². The average molecular weight is 246 g/mol. The van der Waals surface area contributed by atoms with Crippen molar-refractivity contribution in [3.05, 3.63) is 16.3 Å². The first-order valence-corrected chi connectivity index (χ1v) is 6.98. The second kappa shape index (κ2) is 3.32. The van der Waals surface area contributed by atoms with E-state index in [0.717, 1.165) is 36.0 Å². The first kappa shape index (κ1) is 9.65. The highest BCUT2D eigenvalue weighted by molar-refractivity contribution is 7.16. The molecule has 2 aromatic heterocycles. The Morgan fingerprint density at radius 2 is 2.06 bits per heavy atom. The van der Waals surface area contributed by atoms with Crippen molar-refractivity contribution in [2.75, 3.05) is 5.73 Å². The van der Waals surface area contributed by atoms with E-state index in [9.17, 15) is 0 Å². The number of anilines is 1. The molecule has 2 N–H and O–H groups in total. The van der Waals surface area contributed by atoms with Crippen LogP contribution in [-0.4, -0.2) is 14.8 Å². The third-order valence-corrected chi connectivity index (χ3v) is 4.90. The number of nitrogen functional groups attached to an aromatic ring is 1. The van der Waals surface area contributed by atoms with Crippen LogP contribution in [0.4, 0.5) is 5.00 Å². The van der Waals surface area contributed by atoms with E-state index in [1.54, 1.807) is 11.3 Å². The van der Waals surface area contributed by atoms with Crippen LogP contribution in [0.25, 0.3) is 11.4 Å². The van der Waals surface area contributed by atoms with Crippen LogP contribution in [0.2, 0.25) is 0 Å². The Kier molecular flexibility index (Phi) is 1.88. The van der Waals surface area contributed by atoms with Crippen LogP contribution < -0.4 is 5.73 Å². The smallest absolute Gasteiger partial charge is 0.167 e. The van der Waals surface area contributed by atoms with Gasteiger partial charge in [-0.05, 0) is 31.2 Å². The van der Waals surface area contributed by atoms with Crippen LogP contribution in [0.1, 0.15) is 29.1 Å². The van der Waals surface area contributed by atoms with E-state index in [-0.39, 0.29) is 0 Å². The Hall–Kier alpha value is -1.36. The van der Waals surface area contributed by atoms with Crippen LogP contribution >= 0.6 is 11.3 Å². The summed E-state index contributed by atoms with van der Waals surface area (Å²) in [5, 5.41) is 9.57. The molecular formula is C12H14N4S. The molecule has 2 aromatic rings. The maximum atomic E-state index is 6.17. The first-order chi connectivity index (χ1) is 8.34. The molecule has 0 unspecified atom stereocenters. The second-order valence-electron chi connectivity index (χ2n) is 4.79. The number of nitrogens with zero attached hydrogens (tertiary/aromatic N) is 3. The molecule has 4 rings (SSSR count). The molecule has 0 spiro atoms. The van der Waals surface area contributed by atoms with Gasteiger partial charge >= 0.3 is 0 Å². The highest BCUT2D eigenvalue weighted by atomic mass is 32.1. The summed E-state index contributed by atoms with van der Waals surface area (Å²) in [5.41, 5.74) is 8.80. The molecule has 17 heavy (non-hydrogen) atoms. The van der Waals surface area contributed by atoms with E-state index in [1.165, 1.54) is 35.3 Å². The normalized spacial score (nSPS) is 17.4. The highest BCUT2D eigenvalue weighted by Crippen LogP contribution is 2.43. The van der Waals surface area contributed by atoms with Gasteiger partial charge < -0.3 is 10.3 Å². The molecule has 0 atom stereocenters. The minimum atomic E-state index is 0.928. The maximum absolute atomic E-state index is 6.17. The van der Waals surface area contributed by atoms with Gasteiger partial charge in [0.15, 0.2) is 5.82 Å². The number of aromatic nitrogens is 3. The first-order valence-electron chi connectivity index (χ1n) is 6.17. The summed E-state index contributed by atoms with van der Waals surface area (Å²) in [7, 11) is 0. The van der Waals surface area contributed by atoms with Crippen LogP contribution in [0.5, 0.6) is 0 Å². The highest BCUT2D eigenvalue weighted by Gasteiger charge is 2.27.